The molecule has 1 aromatic heterocycles. The number of urea groups is 1. The molecule has 0 atom stereocenters. The molecule has 110 valence electrons. The summed E-state index contributed by atoms with van der Waals surface area (Å²) in [6.07, 6.45) is 2.08. The molecule has 1 N–H and O–H groups in total. The number of aryl methyl sites for hydroxylation is 2. The van der Waals surface area contributed by atoms with Crippen molar-refractivity contribution in [1.82, 2.24) is 9.88 Å². The summed E-state index contributed by atoms with van der Waals surface area (Å²) in [6, 6.07) is 2.84. The fourth-order valence-corrected chi connectivity index (χ4v) is 2.80. The van der Waals surface area contributed by atoms with E-state index < -0.39 is 11.8 Å². The molecule has 6 heteroatoms. The van der Waals surface area contributed by atoms with Gasteiger partial charge in [0.1, 0.15) is 0 Å². The number of halogens is 1. The number of carbonyl (C=O) groups excluding carboxylic acids is 2. The van der Waals surface area contributed by atoms with Gasteiger partial charge in [-0.3, -0.25) is 15.0 Å². The molecule has 1 saturated heterocycles. The number of anilines is 1. The van der Waals surface area contributed by atoms with Crippen molar-refractivity contribution >= 4 is 28.5 Å². The van der Waals surface area contributed by atoms with Crippen molar-refractivity contribution in [3.63, 3.8) is 0 Å². The first-order valence-corrected chi connectivity index (χ1v) is 6.92. The molecule has 0 bridgehead atoms. The Hall–Kier alpha value is -2.37. The second-order valence-electron chi connectivity index (χ2n) is 5.15. The minimum Gasteiger partial charge on any atom is -0.347 e. The van der Waals surface area contributed by atoms with Gasteiger partial charge in [0.05, 0.1) is 11.2 Å². The number of imide groups is 1. The highest BCUT2D eigenvalue weighted by atomic mass is 19.1. The summed E-state index contributed by atoms with van der Waals surface area (Å²) in [6.45, 7) is 4.79. The van der Waals surface area contributed by atoms with Crippen LogP contribution < -0.4 is 10.2 Å². The molecular weight excluding hydrogens is 273 g/mol. The van der Waals surface area contributed by atoms with E-state index in [1.165, 1.54) is 4.90 Å². The van der Waals surface area contributed by atoms with Crippen LogP contribution in [0.2, 0.25) is 0 Å². The van der Waals surface area contributed by atoms with Gasteiger partial charge < -0.3 is 4.57 Å². The Bertz CT molecular complexity index is 751. The van der Waals surface area contributed by atoms with Gasteiger partial charge in [0, 0.05) is 31.1 Å². The Morgan fingerprint density at radius 2 is 2.10 bits per heavy atom. The van der Waals surface area contributed by atoms with Gasteiger partial charge in [-0.05, 0) is 31.5 Å². The average Bonchev–Trinajstić information content (AvgIpc) is 2.77. The topological polar surface area (TPSA) is 54.3 Å². The average molecular weight is 289 g/mol. The summed E-state index contributed by atoms with van der Waals surface area (Å²) in [4.78, 5) is 24.3. The van der Waals surface area contributed by atoms with Gasteiger partial charge >= 0.3 is 6.03 Å². The number of nitrogens with zero attached hydrogens (tertiary/aromatic N) is 2. The van der Waals surface area contributed by atoms with E-state index in [2.05, 4.69) is 5.32 Å². The molecule has 1 fully saturated rings. The highest BCUT2D eigenvalue weighted by Crippen LogP contribution is 2.31. The van der Waals surface area contributed by atoms with Gasteiger partial charge in [-0.25, -0.2) is 9.18 Å². The molecule has 0 unspecified atom stereocenters. The standard InChI is InChI=1S/C15H16FN3O2/c1-3-18-8-9(2)13-10(18)4-5-11(14(13)16)19-7-6-12(20)17-15(19)21/h4-5,8H,3,6-7H2,1-2H3,(H,17,20,21). The number of rotatable bonds is 2. The predicted octanol–water partition coefficient (Wildman–Crippen LogP) is 2.56. The third-order valence-corrected chi connectivity index (χ3v) is 3.84. The molecule has 2 heterocycles. The number of fused-ring (bicyclic) bond motifs is 1. The van der Waals surface area contributed by atoms with E-state index in [1.54, 1.807) is 6.07 Å². The molecule has 1 aliphatic rings. The second kappa shape index (κ2) is 4.87. The van der Waals surface area contributed by atoms with Crippen molar-refractivity contribution in [1.29, 1.82) is 0 Å². The van der Waals surface area contributed by atoms with Crippen molar-refractivity contribution in [3.05, 3.63) is 29.7 Å². The number of carbonyl (C=O) groups is 2. The maximum Gasteiger partial charge on any atom is 0.328 e. The Morgan fingerprint density at radius 1 is 1.33 bits per heavy atom. The van der Waals surface area contributed by atoms with Crippen molar-refractivity contribution in [2.45, 2.75) is 26.8 Å². The molecule has 3 rings (SSSR count). The molecule has 2 aromatic rings. The number of aromatic nitrogens is 1. The van der Waals surface area contributed by atoms with Crippen molar-refractivity contribution in [2.24, 2.45) is 0 Å². The fraction of sp³-hybridized carbons (Fsp3) is 0.333. The summed E-state index contributed by atoms with van der Waals surface area (Å²) < 4.78 is 16.8. The normalized spacial score (nSPS) is 15.7. The van der Waals surface area contributed by atoms with Gasteiger partial charge in [0.25, 0.3) is 0 Å². The number of benzene rings is 1. The van der Waals surface area contributed by atoms with Crippen LogP contribution in [-0.4, -0.2) is 23.1 Å². The smallest absolute Gasteiger partial charge is 0.328 e. The zero-order valence-corrected chi connectivity index (χ0v) is 11.9. The zero-order chi connectivity index (χ0) is 15.1. The SMILES string of the molecule is CCn1cc(C)c2c(F)c(N3CCC(=O)NC3=O)ccc21. The highest BCUT2D eigenvalue weighted by Gasteiger charge is 2.27. The Kier molecular flexibility index (Phi) is 3.16. The van der Waals surface area contributed by atoms with Gasteiger partial charge in [-0.1, -0.05) is 0 Å². The molecule has 0 spiro atoms. The third-order valence-electron chi connectivity index (χ3n) is 3.84. The van der Waals surface area contributed by atoms with Crippen LogP contribution in [0.3, 0.4) is 0 Å². The summed E-state index contributed by atoms with van der Waals surface area (Å²) in [7, 11) is 0. The van der Waals surface area contributed by atoms with Crippen LogP contribution in [0.5, 0.6) is 0 Å². The first kappa shape index (κ1) is 13.6. The van der Waals surface area contributed by atoms with E-state index in [9.17, 15) is 14.0 Å². The lowest BCUT2D eigenvalue weighted by Crippen LogP contribution is -2.49. The first-order chi connectivity index (χ1) is 10.0. The van der Waals surface area contributed by atoms with Crippen molar-refractivity contribution < 1.29 is 14.0 Å². The van der Waals surface area contributed by atoms with Crippen LogP contribution in [0, 0.1) is 12.7 Å². The summed E-state index contributed by atoms with van der Waals surface area (Å²) in [5, 5.41) is 2.74. The van der Waals surface area contributed by atoms with E-state index in [0.717, 1.165) is 17.6 Å². The summed E-state index contributed by atoms with van der Waals surface area (Å²) >= 11 is 0. The highest BCUT2D eigenvalue weighted by molar-refractivity contribution is 6.06. The Morgan fingerprint density at radius 3 is 2.76 bits per heavy atom. The van der Waals surface area contributed by atoms with Crippen molar-refractivity contribution in [2.75, 3.05) is 11.4 Å². The predicted molar refractivity (Wildman–Crippen MR) is 77.8 cm³/mol. The minimum absolute atomic E-state index is 0.179. The number of amides is 3. The maximum absolute atomic E-state index is 14.8. The molecular formula is C15H16FN3O2. The van der Waals surface area contributed by atoms with Gasteiger partial charge in [-0.15, -0.1) is 0 Å². The molecule has 5 nitrogen and oxygen atoms in total. The molecule has 0 saturated carbocycles. The molecule has 3 amide bonds. The number of hydrogen-bond donors (Lipinski definition) is 1. The molecule has 1 aromatic carbocycles. The van der Waals surface area contributed by atoms with Crippen LogP contribution >= 0.6 is 0 Å². The lowest BCUT2D eigenvalue weighted by Gasteiger charge is -2.27. The monoisotopic (exact) mass is 289 g/mol. The zero-order valence-electron chi connectivity index (χ0n) is 11.9. The second-order valence-corrected chi connectivity index (χ2v) is 5.15. The lowest BCUT2D eigenvalue weighted by molar-refractivity contribution is -0.120. The van der Waals surface area contributed by atoms with E-state index in [-0.39, 0.29) is 24.6 Å². The van der Waals surface area contributed by atoms with Crippen LogP contribution in [0.15, 0.2) is 18.3 Å². The van der Waals surface area contributed by atoms with E-state index in [0.29, 0.717) is 5.39 Å². The van der Waals surface area contributed by atoms with Crippen molar-refractivity contribution in [3.8, 4) is 0 Å². The Balaban J connectivity index is 2.12. The van der Waals surface area contributed by atoms with E-state index in [4.69, 9.17) is 0 Å². The number of nitrogens with one attached hydrogen (secondary N) is 1. The lowest BCUT2D eigenvalue weighted by atomic mass is 10.1. The van der Waals surface area contributed by atoms with Crippen LogP contribution in [0.4, 0.5) is 14.9 Å². The largest absolute Gasteiger partial charge is 0.347 e. The summed E-state index contributed by atoms with van der Waals surface area (Å²) in [5.74, 6) is -0.743. The van der Waals surface area contributed by atoms with Crippen LogP contribution in [-0.2, 0) is 11.3 Å². The third kappa shape index (κ3) is 2.07. The van der Waals surface area contributed by atoms with Crippen LogP contribution in [0.1, 0.15) is 18.9 Å². The number of hydrogen-bond acceptors (Lipinski definition) is 2. The molecule has 21 heavy (non-hydrogen) atoms. The molecule has 1 aliphatic heterocycles. The van der Waals surface area contributed by atoms with Gasteiger partial charge in [-0.2, -0.15) is 0 Å². The first-order valence-electron chi connectivity index (χ1n) is 6.92. The van der Waals surface area contributed by atoms with Gasteiger partial charge in [0.15, 0.2) is 5.82 Å². The van der Waals surface area contributed by atoms with E-state index >= 15 is 0 Å². The van der Waals surface area contributed by atoms with E-state index in [1.807, 2.05) is 30.7 Å². The maximum atomic E-state index is 14.8. The quantitative estimate of drug-likeness (QED) is 0.923. The molecule has 0 radical (unpaired) electrons. The fourth-order valence-electron chi connectivity index (χ4n) is 2.80. The molecule has 0 aliphatic carbocycles. The van der Waals surface area contributed by atoms with Gasteiger partial charge in [0.2, 0.25) is 5.91 Å². The minimum atomic E-state index is -0.572. The Labute approximate surface area is 121 Å². The summed E-state index contributed by atoms with van der Waals surface area (Å²) in [5.41, 5.74) is 1.86. The van der Waals surface area contributed by atoms with Crippen LogP contribution in [0.25, 0.3) is 10.9 Å².